The van der Waals surface area contributed by atoms with Crippen molar-refractivity contribution in [1.82, 2.24) is 0 Å². The monoisotopic (exact) mass is 288 g/mol. The topological polar surface area (TPSA) is 20.2 Å². The molecule has 2 atom stereocenters. The van der Waals surface area contributed by atoms with Crippen molar-refractivity contribution in [2.24, 2.45) is 5.92 Å². The molecule has 0 amide bonds. The van der Waals surface area contributed by atoms with Crippen molar-refractivity contribution in [3.05, 3.63) is 70.8 Å². The van der Waals surface area contributed by atoms with Gasteiger partial charge >= 0.3 is 0 Å². The molecule has 1 aliphatic rings. The zero-order valence-corrected chi connectivity index (χ0v) is 11.7. The van der Waals surface area contributed by atoms with E-state index in [-0.39, 0.29) is 17.9 Å². The van der Waals surface area contributed by atoms with E-state index in [1.807, 2.05) is 24.3 Å². The summed E-state index contributed by atoms with van der Waals surface area (Å²) in [4.78, 5) is 0. The summed E-state index contributed by atoms with van der Waals surface area (Å²) < 4.78 is 27.6. The fraction of sp³-hybridized carbons (Fsp3) is 0.333. The van der Waals surface area contributed by atoms with Crippen LogP contribution in [0.1, 0.15) is 35.6 Å². The average Bonchev–Trinajstić information content (AvgIpc) is 2.63. The number of aliphatic hydroxyl groups excluding tert-OH is 1. The number of fused-ring (bicyclic) bond motifs is 1. The van der Waals surface area contributed by atoms with Crippen LogP contribution in [0.5, 0.6) is 0 Å². The molecule has 110 valence electrons. The Hall–Kier alpha value is -1.74. The summed E-state index contributed by atoms with van der Waals surface area (Å²) in [6.45, 7) is 0. The molecule has 3 rings (SSSR count). The summed E-state index contributed by atoms with van der Waals surface area (Å²) in [6.07, 6.45) is 2.17. The number of hydrogen-bond donors (Lipinski definition) is 1. The largest absolute Gasteiger partial charge is 0.388 e. The second-order valence-electron chi connectivity index (χ2n) is 5.70. The van der Waals surface area contributed by atoms with Gasteiger partial charge in [0.1, 0.15) is 11.6 Å². The number of rotatable bonds is 2. The molecule has 2 aromatic rings. The van der Waals surface area contributed by atoms with Gasteiger partial charge in [-0.15, -0.1) is 0 Å². The minimum absolute atomic E-state index is 0.0842. The zero-order valence-electron chi connectivity index (χ0n) is 11.7. The van der Waals surface area contributed by atoms with Gasteiger partial charge in [0, 0.05) is 5.56 Å². The summed E-state index contributed by atoms with van der Waals surface area (Å²) in [6, 6.07) is 11.7. The van der Waals surface area contributed by atoms with Gasteiger partial charge in [-0.2, -0.15) is 0 Å². The molecule has 0 saturated heterocycles. The highest BCUT2D eigenvalue weighted by atomic mass is 19.1. The quantitative estimate of drug-likeness (QED) is 0.821. The second kappa shape index (κ2) is 5.94. The molecule has 0 heterocycles. The van der Waals surface area contributed by atoms with Crippen molar-refractivity contribution in [2.75, 3.05) is 0 Å². The lowest BCUT2D eigenvalue weighted by atomic mass is 9.87. The molecular weight excluding hydrogens is 270 g/mol. The van der Waals surface area contributed by atoms with Gasteiger partial charge < -0.3 is 5.11 Å². The summed E-state index contributed by atoms with van der Waals surface area (Å²) in [5, 5.41) is 10.6. The fourth-order valence-electron chi connectivity index (χ4n) is 3.22. The van der Waals surface area contributed by atoms with E-state index in [0.717, 1.165) is 30.4 Å². The van der Waals surface area contributed by atoms with Crippen LogP contribution in [-0.4, -0.2) is 5.11 Å². The van der Waals surface area contributed by atoms with Crippen LogP contribution in [0.4, 0.5) is 8.78 Å². The molecular formula is C18H18F2O. The zero-order chi connectivity index (χ0) is 14.8. The van der Waals surface area contributed by atoms with Gasteiger partial charge in [-0.3, -0.25) is 0 Å². The van der Waals surface area contributed by atoms with Crippen LogP contribution in [-0.2, 0) is 12.8 Å². The van der Waals surface area contributed by atoms with Crippen molar-refractivity contribution in [1.29, 1.82) is 0 Å². The van der Waals surface area contributed by atoms with Crippen molar-refractivity contribution in [2.45, 2.75) is 31.8 Å². The van der Waals surface area contributed by atoms with E-state index in [9.17, 15) is 13.9 Å². The third kappa shape index (κ3) is 2.84. The van der Waals surface area contributed by atoms with Crippen molar-refractivity contribution < 1.29 is 13.9 Å². The number of halogens is 2. The van der Waals surface area contributed by atoms with E-state index in [0.29, 0.717) is 0 Å². The van der Waals surface area contributed by atoms with Crippen LogP contribution < -0.4 is 0 Å². The van der Waals surface area contributed by atoms with Crippen LogP contribution in [0.15, 0.2) is 42.5 Å². The van der Waals surface area contributed by atoms with E-state index in [1.54, 1.807) is 0 Å². The van der Waals surface area contributed by atoms with E-state index in [2.05, 4.69) is 0 Å². The summed E-state index contributed by atoms with van der Waals surface area (Å²) in [5.41, 5.74) is 2.12. The lowest BCUT2D eigenvalue weighted by molar-refractivity contribution is 0.104. The molecule has 3 heteroatoms. The first kappa shape index (κ1) is 14.2. The lowest BCUT2D eigenvalue weighted by Crippen LogP contribution is -2.16. The first-order valence-corrected chi connectivity index (χ1v) is 7.35. The van der Waals surface area contributed by atoms with Crippen LogP contribution in [0, 0.1) is 17.6 Å². The van der Waals surface area contributed by atoms with Gasteiger partial charge in [-0.1, -0.05) is 30.3 Å². The average molecular weight is 288 g/mol. The molecule has 21 heavy (non-hydrogen) atoms. The van der Waals surface area contributed by atoms with Gasteiger partial charge in [-0.25, -0.2) is 8.78 Å². The highest BCUT2D eigenvalue weighted by molar-refractivity contribution is 5.31. The maximum atomic E-state index is 13.8. The van der Waals surface area contributed by atoms with E-state index in [1.165, 1.54) is 18.2 Å². The predicted molar refractivity (Wildman–Crippen MR) is 77.9 cm³/mol. The molecule has 1 N–H and O–H groups in total. The molecule has 1 aliphatic carbocycles. The molecule has 0 spiro atoms. The Morgan fingerprint density at radius 2 is 1.71 bits per heavy atom. The van der Waals surface area contributed by atoms with Crippen molar-refractivity contribution >= 4 is 0 Å². The minimum atomic E-state index is -0.664. The summed E-state index contributed by atoms with van der Waals surface area (Å²) >= 11 is 0. The fourth-order valence-corrected chi connectivity index (χ4v) is 3.22. The van der Waals surface area contributed by atoms with Gasteiger partial charge in [0.15, 0.2) is 0 Å². The maximum Gasteiger partial charge on any atom is 0.129 e. The van der Waals surface area contributed by atoms with Crippen LogP contribution in [0.25, 0.3) is 0 Å². The Balaban J connectivity index is 1.90. The van der Waals surface area contributed by atoms with Gasteiger partial charge in [0.2, 0.25) is 0 Å². The highest BCUT2D eigenvalue weighted by Gasteiger charge is 2.27. The molecule has 0 aliphatic heterocycles. The molecule has 1 nitrogen and oxygen atoms in total. The first-order chi connectivity index (χ1) is 10.2. The Morgan fingerprint density at radius 1 is 1.00 bits per heavy atom. The molecule has 2 unspecified atom stereocenters. The molecule has 0 radical (unpaired) electrons. The Kier molecular flexibility index (Phi) is 4.02. The molecule has 0 fully saturated rings. The number of hydrogen-bond acceptors (Lipinski definition) is 1. The highest BCUT2D eigenvalue weighted by Crippen LogP contribution is 2.35. The standard InChI is InChI=1S/C18H18F2O/c19-16-9-4-10-17(20)15(16)11-13-7-3-6-12-5-1-2-8-14(12)18(13)21/h1-2,4-5,8-10,13,18,21H,3,6-7,11H2. The predicted octanol–water partition coefficient (Wildman–Crippen LogP) is 4.19. The third-order valence-electron chi connectivity index (χ3n) is 4.37. The van der Waals surface area contributed by atoms with E-state index in [4.69, 9.17) is 0 Å². The van der Waals surface area contributed by atoms with Crippen molar-refractivity contribution in [3.63, 3.8) is 0 Å². The number of benzene rings is 2. The Bertz CT molecular complexity index is 619. The summed E-state index contributed by atoms with van der Waals surface area (Å²) in [7, 11) is 0. The molecule has 0 bridgehead atoms. The molecule has 0 saturated carbocycles. The minimum Gasteiger partial charge on any atom is -0.388 e. The van der Waals surface area contributed by atoms with Crippen molar-refractivity contribution in [3.8, 4) is 0 Å². The Morgan fingerprint density at radius 3 is 2.48 bits per heavy atom. The second-order valence-corrected chi connectivity index (χ2v) is 5.70. The van der Waals surface area contributed by atoms with Gasteiger partial charge in [-0.05, 0) is 54.9 Å². The molecule has 2 aromatic carbocycles. The smallest absolute Gasteiger partial charge is 0.129 e. The van der Waals surface area contributed by atoms with Crippen LogP contribution in [0.3, 0.4) is 0 Å². The molecule has 0 aromatic heterocycles. The number of aryl methyl sites for hydroxylation is 1. The van der Waals surface area contributed by atoms with E-state index >= 15 is 0 Å². The lowest BCUT2D eigenvalue weighted by Gasteiger charge is -2.22. The first-order valence-electron chi connectivity index (χ1n) is 7.35. The number of aliphatic hydroxyl groups is 1. The third-order valence-corrected chi connectivity index (χ3v) is 4.37. The van der Waals surface area contributed by atoms with Crippen LogP contribution >= 0.6 is 0 Å². The Labute approximate surface area is 123 Å². The van der Waals surface area contributed by atoms with E-state index < -0.39 is 17.7 Å². The normalized spacial score (nSPS) is 21.7. The SMILES string of the molecule is OC1c2ccccc2CCCC1Cc1c(F)cccc1F. The van der Waals surface area contributed by atoms with Gasteiger partial charge in [0.25, 0.3) is 0 Å². The van der Waals surface area contributed by atoms with Gasteiger partial charge in [0.05, 0.1) is 6.10 Å². The van der Waals surface area contributed by atoms with Crippen LogP contribution in [0.2, 0.25) is 0 Å². The summed E-state index contributed by atoms with van der Waals surface area (Å²) in [5.74, 6) is -1.21. The maximum absolute atomic E-state index is 13.8.